The third-order valence-corrected chi connectivity index (χ3v) is 2.15. The Kier molecular flexibility index (Phi) is 55.5. The largest absolute Gasteiger partial charge is 0.512 e. The molecule has 0 amide bonds. The number of hydrogen-bond acceptors (Lipinski definition) is 6. The number of allylic oxidation sites excluding steroid dienone is 1. The van der Waals surface area contributed by atoms with E-state index in [-0.39, 0.29) is 27.5 Å². The van der Waals surface area contributed by atoms with Gasteiger partial charge in [0.1, 0.15) is 0 Å². The van der Waals surface area contributed by atoms with Crippen LogP contribution < -0.4 is 0 Å². The van der Waals surface area contributed by atoms with Crippen molar-refractivity contribution in [3.63, 3.8) is 0 Å². The summed E-state index contributed by atoms with van der Waals surface area (Å²) in [7, 11) is 0. The first-order chi connectivity index (χ1) is 11.4. The molecule has 0 spiro atoms. The Hall–Kier alpha value is -0.396. The number of hydrogen-bond donors (Lipinski definition) is 4. The van der Waals surface area contributed by atoms with Gasteiger partial charge in [0.2, 0.25) is 0 Å². The van der Waals surface area contributed by atoms with Gasteiger partial charge in [-0.25, -0.2) is 4.79 Å². The summed E-state index contributed by atoms with van der Waals surface area (Å²) in [5, 5.41) is 32.7. The van der Waals surface area contributed by atoms with E-state index in [0.717, 1.165) is 44.6 Å². The van der Waals surface area contributed by atoms with Crippen LogP contribution in [0.3, 0.4) is 0 Å². The molecule has 7 heteroatoms. The molecule has 0 radical (unpaired) electrons. The summed E-state index contributed by atoms with van der Waals surface area (Å²) in [5.74, 6) is -0.536. The molecule has 0 atom stereocenters. The number of rotatable bonds is 8. The molecule has 0 aliphatic rings. The molecule has 0 rings (SSSR count). The van der Waals surface area contributed by atoms with Crippen LogP contribution in [0.2, 0.25) is 0 Å². The average molecular weight is 400 g/mol. The number of aliphatic hydroxyl groups excluding tert-OH is 4. The van der Waals surface area contributed by atoms with E-state index in [1.54, 1.807) is 6.92 Å². The maximum absolute atomic E-state index is 10.4. The van der Waals surface area contributed by atoms with Crippen molar-refractivity contribution in [2.75, 3.05) is 26.4 Å². The van der Waals surface area contributed by atoms with E-state index in [1.807, 2.05) is 0 Å². The summed E-state index contributed by atoms with van der Waals surface area (Å²) >= 11 is 0. The zero-order valence-corrected chi connectivity index (χ0v) is 18.3. The summed E-state index contributed by atoms with van der Waals surface area (Å²) in [5.41, 5.74) is 0. The van der Waals surface area contributed by atoms with Gasteiger partial charge in [-0.05, 0) is 33.1 Å². The van der Waals surface area contributed by atoms with Crippen LogP contribution in [0.5, 0.6) is 0 Å². The van der Waals surface area contributed by atoms with Crippen LogP contribution in [-0.2, 0) is 31.2 Å². The number of esters is 1. The molecule has 0 unspecified atom stereocenters. The summed E-state index contributed by atoms with van der Waals surface area (Å²) < 4.78 is 4.48. The van der Waals surface area contributed by atoms with Gasteiger partial charge in [-0.2, -0.15) is 0 Å². The van der Waals surface area contributed by atoms with Crippen molar-refractivity contribution in [3.8, 4) is 0 Å². The second-order valence-corrected chi connectivity index (χ2v) is 4.77. The number of carbonyl (C=O) groups is 1. The van der Waals surface area contributed by atoms with Crippen LogP contribution in [0.1, 0.15) is 73.1 Å². The fraction of sp³-hybridized carbons (Fsp3) is 0.833. The molecule has 0 saturated carbocycles. The van der Waals surface area contributed by atoms with Crippen molar-refractivity contribution in [2.45, 2.75) is 73.1 Å². The standard InChI is InChI=1S/C6H10O3.3C4H10O.Ti/c1-3-9-6(8)4-5(2)7;3*1-2-3-4-5;/h4,7H,3H2,1-2H3;3*5H,2-4H2,1H3;. The van der Waals surface area contributed by atoms with Gasteiger partial charge in [-0.3, -0.25) is 0 Å². The molecule has 0 aromatic rings. The van der Waals surface area contributed by atoms with Crippen LogP contribution >= 0.6 is 0 Å². The minimum atomic E-state index is -0.502. The smallest absolute Gasteiger partial charge is 0.334 e. The van der Waals surface area contributed by atoms with Gasteiger partial charge in [0.05, 0.1) is 18.4 Å². The van der Waals surface area contributed by atoms with E-state index in [1.165, 1.54) is 6.92 Å². The summed E-state index contributed by atoms with van der Waals surface area (Å²) in [6, 6.07) is 0. The fourth-order valence-electron chi connectivity index (χ4n) is 0.829. The van der Waals surface area contributed by atoms with E-state index in [9.17, 15) is 4.79 Å². The minimum Gasteiger partial charge on any atom is -0.512 e. The van der Waals surface area contributed by atoms with E-state index < -0.39 is 5.97 Å². The van der Waals surface area contributed by atoms with Gasteiger partial charge in [0, 0.05) is 41.5 Å². The quantitative estimate of drug-likeness (QED) is 0.215. The molecule has 0 heterocycles. The third-order valence-electron chi connectivity index (χ3n) is 2.15. The maximum Gasteiger partial charge on any atom is 0.334 e. The Morgan fingerprint density at radius 2 is 1.16 bits per heavy atom. The molecule has 0 saturated heterocycles. The molecular formula is C18H40O6Ti. The number of unbranched alkanes of at least 4 members (excludes halogenated alkanes) is 3. The average Bonchev–Trinajstić information content (AvgIpc) is 2.51. The van der Waals surface area contributed by atoms with Crippen molar-refractivity contribution in [1.29, 1.82) is 0 Å². The fourth-order valence-corrected chi connectivity index (χ4v) is 0.829. The van der Waals surface area contributed by atoms with Crippen LogP contribution in [-0.4, -0.2) is 52.8 Å². The van der Waals surface area contributed by atoms with Crippen LogP contribution in [0.25, 0.3) is 0 Å². The van der Waals surface area contributed by atoms with E-state index >= 15 is 0 Å². The normalized spacial score (nSPS) is 9.04. The van der Waals surface area contributed by atoms with Gasteiger partial charge in [-0.1, -0.05) is 40.0 Å². The molecule has 0 aromatic heterocycles. The first kappa shape index (κ1) is 35.7. The Bertz CT molecular complexity index is 223. The Labute approximate surface area is 169 Å². The zero-order valence-electron chi connectivity index (χ0n) is 16.8. The van der Waals surface area contributed by atoms with Crippen LogP contribution in [0.15, 0.2) is 11.8 Å². The van der Waals surface area contributed by atoms with Gasteiger partial charge in [-0.15, -0.1) is 0 Å². The molecule has 25 heavy (non-hydrogen) atoms. The van der Waals surface area contributed by atoms with E-state index in [4.69, 9.17) is 20.4 Å². The zero-order chi connectivity index (χ0) is 19.6. The summed E-state index contributed by atoms with van der Waals surface area (Å²) in [4.78, 5) is 10.4. The Morgan fingerprint density at radius 1 is 0.840 bits per heavy atom. The Balaban J connectivity index is -0.0000000733. The van der Waals surface area contributed by atoms with Crippen molar-refractivity contribution in [2.24, 2.45) is 0 Å². The van der Waals surface area contributed by atoms with Crippen LogP contribution in [0.4, 0.5) is 0 Å². The number of aliphatic hydroxyl groups is 4. The summed E-state index contributed by atoms with van der Waals surface area (Å²) in [6.45, 7) is 10.6. The molecule has 0 fully saturated rings. The third kappa shape index (κ3) is 69.3. The van der Waals surface area contributed by atoms with Crippen molar-refractivity contribution >= 4 is 5.97 Å². The van der Waals surface area contributed by atoms with Gasteiger partial charge < -0.3 is 25.2 Å². The van der Waals surface area contributed by atoms with Gasteiger partial charge in [0.15, 0.2) is 0 Å². The molecule has 0 bridgehead atoms. The SMILES string of the molecule is CCCCO.CCCCO.CCCCO.CCOC(=O)C=C(C)O.[Ti]. The van der Waals surface area contributed by atoms with E-state index in [2.05, 4.69) is 25.5 Å². The molecule has 152 valence electrons. The molecule has 4 N–H and O–H groups in total. The maximum atomic E-state index is 10.4. The predicted octanol–water partition coefficient (Wildman–Crippen LogP) is 3.35. The van der Waals surface area contributed by atoms with Gasteiger partial charge in [0.25, 0.3) is 0 Å². The first-order valence-electron chi connectivity index (χ1n) is 8.77. The van der Waals surface area contributed by atoms with E-state index in [0.29, 0.717) is 26.4 Å². The minimum absolute atomic E-state index is 0. The second kappa shape index (κ2) is 38.9. The first-order valence-corrected chi connectivity index (χ1v) is 8.77. The molecular weight excluding hydrogens is 360 g/mol. The van der Waals surface area contributed by atoms with Crippen molar-refractivity contribution in [1.82, 2.24) is 0 Å². The second-order valence-electron chi connectivity index (χ2n) is 4.77. The van der Waals surface area contributed by atoms with Crippen molar-refractivity contribution < 1.29 is 51.7 Å². The predicted molar refractivity (Wildman–Crippen MR) is 99.0 cm³/mol. The van der Waals surface area contributed by atoms with Crippen molar-refractivity contribution in [3.05, 3.63) is 11.8 Å². The number of carbonyl (C=O) groups excluding carboxylic acids is 1. The number of ether oxygens (including phenoxy) is 1. The monoisotopic (exact) mass is 400 g/mol. The molecule has 0 aliphatic carbocycles. The Morgan fingerprint density at radius 3 is 1.28 bits per heavy atom. The van der Waals surface area contributed by atoms with Crippen LogP contribution in [0, 0.1) is 0 Å². The molecule has 0 aliphatic heterocycles. The molecule has 6 nitrogen and oxygen atoms in total. The topological polar surface area (TPSA) is 107 Å². The van der Waals surface area contributed by atoms with Gasteiger partial charge >= 0.3 is 5.97 Å². The summed E-state index contributed by atoms with van der Waals surface area (Å²) in [6.07, 6.45) is 7.15. The molecule has 0 aromatic carbocycles.